The monoisotopic (exact) mass is 249 g/mol. The number of nitrogens with zero attached hydrogens (tertiary/aromatic N) is 4. The number of H-pyrrole nitrogens is 1. The van der Waals surface area contributed by atoms with Gasteiger partial charge in [0.15, 0.2) is 0 Å². The maximum atomic E-state index is 11.7. The molecule has 0 radical (unpaired) electrons. The molecule has 2 heterocycles. The molecule has 2 aromatic rings. The van der Waals surface area contributed by atoms with Gasteiger partial charge in [0.25, 0.3) is 5.56 Å². The quantitative estimate of drug-likeness (QED) is 0.818. The van der Waals surface area contributed by atoms with E-state index < -0.39 is 5.69 Å². The highest BCUT2D eigenvalue weighted by Gasteiger charge is 2.09. The van der Waals surface area contributed by atoms with Crippen LogP contribution in [0.1, 0.15) is 31.0 Å². The summed E-state index contributed by atoms with van der Waals surface area (Å²) in [6.07, 6.45) is 3.31. The highest BCUT2D eigenvalue weighted by atomic mass is 16.2. The molecule has 1 N–H and O–H groups in total. The van der Waals surface area contributed by atoms with Crippen molar-refractivity contribution in [1.29, 1.82) is 0 Å². The van der Waals surface area contributed by atoms with Crippen LogP contribution in [0, 0.1) is 0 Å². The molecule has 0 bridgehead atoms. The number of aromatic nitrogens is 5. The summed E-state index contributed by atoms with van der Waals surface area (Å²) in [5.74, 6) is 0.0578. The van der Waals surface area contributed by atoms with Crippen molar-refractivity contribution in [3.63, 3.8) is 0 Å². The number of rotatable bonds is 3. The topological polar surface area (TPSA) is 85.6 Å². The van der Waals surface area contributed by atoms with E-state index in [2.05, 4.69) is 15.3 Å². The van der Waals surface area contributed by atoms with Crippen LogP contribution in [0.3, 0.4) is 0 Å². The number of aryl methyl sites for hydroxylation is 1. The van der Waals surface area contributed by atoms with Crippen LogP contribution in [0.4, 0.5) is 0 Å². The van der Waals surface area contributed by atoms with Gasteiger partial charge in [0, 0.05) is 25.0 Å². The summed E-state index contributed by atoms with van der Waals surface area (Å²) in [4.78, 5) is 25.6. The molecule has 0 fully saturated rings. The second-order valence-corrected chi connectivity index (χ2v) is 4.51. The predicted octanol–water partition coefficient (Wildman–Crippen LogP) is -0.163. The zero-order chi connectivity index (χ0) is 13.3. The number of hydrogen-bond acceptors (Lipinski definition) is 4. The molecule has 0 aliphatic carbocycles. The average molecular weight is 249 g/mol. The van der Waals surface area contributed by atoms with Crippen molar-refractivity contribution < 1.29 is 0 Å². The van der Waals surface area contributed by atoms with Crippen LogP contribution >= 0.6 is 0 Å². The van der Waals surface area contributed by atoms with Crippen LogP contribution in [-0.4, -0.2) is 24.5 Å². The van der Waals surface area contributed by atoms with Gasteiger partial charge in [0.05, 0.1) is 6.54 Å². The Morgan fingerprint density at radius 2 is 2.06 bits per heavy atom. The molecule has 0 aliphatic heterocycles. The summed E-state index contributed by atoms with van der Waals surface area (Å²) in [7, 11) is 1.76. The number of nitrogens with one attached hydrogen (secondary N) is 1. The summed E-state index contributed by atoms with van der Waals surface area (Å²) in [6, 6.07) is 0. The van der Waals surface area contributed by atoms with Gasteiger partial charge < -0.3 is 0 Å². The van der Waals surface area contributed by atoms with Gasteiger partial charge in [0.1, 0.15) is 5.69 Å². The fraction of sp³-hybridized carbons (Fsp3) is 0.455. The summed E-state index contributed by atoms with van der Waals surface area (Å²) >= 11 is 0. The van der Waals surface area contributed by atoms with Crippen molar-refractivity contribution in [2.75, 3.05) is 0 Å². The first-order valence-corrected chi connectivity index (χ1v) is 5.66. The SMILES string of the molecule is CC(C)c1cn(Cc2cn(C)nn2)c(=O)[nH]c1=O. The third-order valence-electron chi connectivity index (χ3n) is 2.64. The smallest absolute Gasteiger partial charge is 0.294 e. The van der Waals surface area contributed by atoms with Gasteiger partial charge in [0.2, 0.25) is 0 Å². The molecule has 0 aliphatic rings. The Balaban J connectivity index is 2.42. The van der Waals surface area contributed by atoms with E-state index in [0.717, 1.165) is 0 Å². The minimum absolute atomic E-state index is 0.0578. The number of hydrogen-bond donors (Lipinski definition) is 1. The van der Waals surface area contributed by atoms with E-state index in [4.69, 9.17) is 0 Å². The first-order chi connectivity index (χ1) is 8.47. The van der Waals surface area contributed by atoms with E-state index in [1.807, 2.05) is 13.8 Å². The van der Waals surface area contributed by atoms with Gasteiger partial charge in [-0.15, -0.1) is 5.10 Å². The molecular formula is C11H15N5O2. The van der Waals surface area contributed by atoms with Crippen molar-refractivity contribution in [3.05, 3.63) is 44.5 Å². The molecular weight excluding hydrogens is 234 g/mol. The van der Waals surface area contributed by atoms with E-state index in [0.29, 0.717) is 17.8 Å². The van der Waals surface area contributed by atoms with Crippen LogP contribution in [0.2, 0.25) is 0 Å². The van der Waals surface area contributed by atoms with Gasteiger partial charge in [-0.2, -0.15) is 0 Å². The lowest BCUT2D eigenvalue weighted by Crippen LogP contribution is -2.32. The summed E-state index contributed by atoms with van der Waals surface area (Å²) in [5.41, 5.74) is 0.486. The van der Waals surface area contributed by atoms with Crippen LogP contribution < -0.4 is 11.2 Å². The zero-order valence-corrected chi connectivity index (χ0v) is 10.5. The van der Waals surface area contributed by atoms with Crippen LogP contribution in [0.5, 0.6) is 0 Å². The average Bonchev–Trinajstić information content (AvgIpc) is 2.67. The highest BCUT2D eigenvalue weighted by molar-refractivity contribution is 5.10. The Bertz CT molecular complexity index is 665. The Labute approximate surface area is 103 Å². The second-order valence-electron chi connectivity index (χ2n) is 4.51. The van der Waals surface area contributed by atoms with Gasteiger partial charge in [-0.05, 0) is 5.92 Å². The summed E-state index contributed by atoms with van der Waals surface area (Å²) in [6.45, 7) is 4.10. The molecule has 18 heavy (non-hydrogen) atoms. The molecule has 7 heteroatoms. The second kappa shape index (κ2) is 4.59. The maximum Gasteiger partial charge on any atom is 0.328 e. The molecule has 2 rings (SSSR count). The van der Waals surface area contributed by atoms with Gasteiger partial charge >= 0.3 is 5.69 Å². The van der Waals surface area contributed by atoms with Gasteiger partial charge in [-0.3, -0.25) is 19.0 Å². The zero-order valence-electron chi connectivity index (χ0n) is 10.5. The normalized spacial score (nSPS) is 11.1. The molecule has 2 aromatic heterocycles. The van der Waals surface area contributed by atoms with E-state index in [1.165, 1.54) is 4.57 Å². The van der Waals surface area contributed by atoms with Crippen LogP contribution in [0.25, 0.3) is 0 Å². The third-order valence-corrected chi connectivity index (χ3v) is 2.64. The van der Waals surface area contributed by atoms with Crippen molar-refractivity contribution >= 4 is 0 Å². The van der Waals surface area contributed by atoms with Crippen molar-refractivity contribution in [3.8, 4) is 0 Å². The lowest BCUT2D eigenvalue weighted by Gasteiger charge is -2.07. The van der Waals surface area contributed by atoms with Gasteiger partial charge in [-0.1, -0.05) is 19.1 Å². The van der Waals surface area contributed by atoms with Crippen LogP contribution in [-0.2, 0) is 13.6 Å². The van der Waals surface area contributed by atoms with Crippen molar-refractivity contribution in [2.24, 2.45) is 7.05 Å². The first-order valence-electron chi connectivity index (χ1n) is 5.66. The van der Waals surface area contributed by atoms with E-state index in [9.17, 15) is 9.59 Å². The lowest BCUT2D eigenvalue weighted by atomic mass is 10.1. The highest BCUT2D eigenvalue weighted by Crippen LogP contribution is 2.07. The lowest BCUT2D eigenvalue weighted by molar-refractivity contribution is 0.674. The molecule has 0 spiro atoms. The van der Waals surface area contributed by atoms with Crippen molar-refractivity contribution in [1.82, 2.24) is 24.5 Å². The molecule has 0 unspecified atom stereocenters. The Morgan fingerprint density at radius 1 is 1.33 bits per heavy atom. The Kier molecular flexibility index (Phi) is 3.14. The Morgan fingerprint density at radius 3 is 2.61 bits per heavy atom. The fourth-order valence-corrected chi connectivity index (χ4v) is 1.70. The maximum absolute atomic E-state index is 11.7. The van der Waals surface area contributed by atoms with Crippen molar-refractivity contribution in [2.45, 2.75) is 26.3 Å². The molecule has 7 nitrogen and oxygen atoms in total. The molecule has 0 saturated heterocycles. The van der Waals surface area contributed by atoms with E-state index in [-0.39, 0.29) is 11.5 Å². The van der Waals surface area contributed by atoms with Gasteiger partial charge in [-0.25, -0.2) is 4.79 Å². The third kappa shape index (κ3) is 2.39. The molecule has 96 valence electrons. The molecule has 0 saturated carbocycles. The minimum atomic E-state index is -0.435. The Hall–Kier alpha value is -2.18. The predicted molar refractivity (Wildman–Crippen MR) is 65.5 cm³/mol. The number of aromatic amines is 1. The summed E-state index contributed by atoms with van der Waals surface area (Å²) < 4.78 is 3.00. The largest absolute Gasteiger partial charge is 0.328 e. The molecule has 0 aromatic carbocycles. The fourth-order valence-electron chi connectivity index (χ4n) is 1.70. The minimum Gasteiger partial charge on any atom is -0.294 e. The molecule has 0 amide bonds. The first kappa shape index (κ1) is 12.3. The van der Waals surface area contributed by atoms with E-state index in [1.54, 1.807) is 24.1 Å². The van der Waals surface area contributed by atoms with Crippen LogP contribution in [0.15, 0.2) is 22.0 Å². The van der Waals surface area contributed by atoms with E-state index >= 15 is 0 Å². The summed E-state index contributed by atoms with van der Waals surface area (Å²) in [5, 5.41) is 7.71. The standard InChI is InChI=1S/C11H15N5O2/c1-7(2)9-6-16(11(18)12-10(9)17)5-8-4-15(3)14-13-8/h4,6-7H,5H2,1-3H3,(H,12,17,18). The molecule has 0 atom stereocenters.